The molecule has 0 saturated heterocycles. The number of para-hydroxylation sites is 1. The van der Waals surface area contributed by atoms with Crippen LogP contribution in [0.15, 0.2) is 48.7 Å². The number of methoxy groups -OCH3 is 1. The third-order valence-electron chi connectivity index (χ3n) is 4.28. The smallest absolute Gasteiger partial charge is 0.161 e. The molecule has 1 heterocycles. The zero-order valence-corrected chi connectivity index (χ0v) is 14.2. The second-order valence-electron chi connectivity index (χ2n) is 5.84. The molecular weight excluding hydrogens is 300 g/mol. The summed E-state index contributed by atoms with van der Waals surface area (Å²) in [5.41, 5.74) is 9.57. The number of H-pyrrole nitrogens is 1. The molecule has 0 unspecified atom stereocenters. The van der Waals surface area contributed by atoms with Gasteiger partial charge in [0.15, 0.2) is 11.5 Å². The monoisotopic (exact) mass is 324 g/mol. The average Bonchev–Trinajstić information content (AvgIpc) is 3.05. The van der Waals surface area contributed by atoms with Crippen molar-refractivity contribution in [3.8, 4) is 11.5 Å². The Morgan fingerprint density at radius 1 is 1.12 bits per heavy atom. The minimum absolute atomic E-state index is 0.107. The largest absolute Gasteiger partial charge is 0.493 e. The quantitative estimate of drug-likeness (QED) is 0.689. The topological polar surface area (TPSA) is 60.3 Å². The molecule has 24 heavy (non-hydrogen) atoms. The Bertz CT molecular complexity index is 810. The fourth-order valence-corrected chi connectivity index (χ4v) is 3.06. The van der Waals surface area contributed by atoms with E-state index in [0.717, 1.165) is 29.0 Å². The van der Waals surface area contributed by atoms with Crippen LogP contribution in [-0.4, -0.2) is 25.2 Å². The minimum atomic E-state index is 0.107. The van der Waals surface area contributed by atoms with E-state index in [9.17, 15) is 0 Å². The van der Waals surface area contributed by atoms with E-state index < -0.39 is 0 Å². The molecule has 0 saturated carbocycles. The summed E-state index contributed by atoms with van der Waals surface area (Å²) < 4.78 is 11.3. The Hall–Kier alpha value is -2.46. The maximum Gasteiger partial charge on any atom is 0.161 e. The maximum atomic E-state index is 6.11. The van der Waals surface area contributed by atoms with Crippen molar-refractivity contribution in [1.82, 2.24) is 4.98 Å². The molecule has 1 atom stereocenters. The predicted octanol–water partition coefficient (Wildman–Crippen LogP) is 4.06. The van der Waals surface area contributed by atoms with Gasteiger partial charge < -0.3 is 20.2 Å². The maximum absolute atomic E-state index is 6.11. The summed E-state index contributed by atoms with van der Waals surface area (Å²) in [5.74, 6) is 1.63. The molecule has 0 amide bonds. The number of ether oxygens (including phenoxy) is 2. The minimum Gasteiger partial charge on any atom is -0.493 e. The van der Waals surface area contributed by atoms with Gasteiger partial charge in [0.05, 0.1) is 13.7 Å². The second-order valence-corrected chi connectivity index (χ2v) is 5.84. The lowest BCUT2D eigenvalue weighted by Gasteiger charge is -2.18. The molecule has 126 valence electrons. The van der Waals surface area contributed by atoms with Crippen LogP contribution in [0.3, 0.4) is 0 Å². The van der Waals surface area contributed by atoms with E-state index in [4.69, 9.17) is 15.2 Å². The Balaban J connectivity index is 1.99. The second kappa shape index (κ2) is 7.41. The first-order valence-corrected chi connectivity index (χ1v) is 8.35. The number of nitrogens with two attached hydrogens (primary N) is 1. The van der Waals surface area contributed by atoms with E-state index >= 15 is 0 Å². The van der Waals surface area contributed by atoms with Gasteiger partial charge in [0.25, 0.3) is 0 Å². The number of nitrogens with one attached hydrogen (secondary N) is 1. The highest BCUT2D eigenvalue weighted by Gasteiger charge is 2.18. The number of aromatic nitrogens is 1. The molecule has 0 aliphatic rings. The van der Waals surface area contributed by atoms with Crippen molar-refractivity contribution in [2.45, 2.75) is 19.3 Å². The molecule has 0 aliphatic heterocycles. The first-order chi connectivity index (χ1) is 11.8. The van der Waals surface area contributed by atoms with Crippen molar-refractivity contribution >= 4 is 10.9 Å². The van der Waals surface area contributed by atoms with E-state index in [1.165, 1.54) is 10.9 Å². The molecular formula is C20H24N2O2. The highest BCUT2D eigenvalue weighted by atomic mass is 16.5. The molecule has 4 heteroatoms. The van der Waals surface area contributed by atoms with Gasteiger partial charge in [0.2, 0.25) is 0 Å². The third kappa shape index (κ3) is 3.10. The highest BCUT2D eigenvalue weighted by Crippen LogP contribution is 2.35. The molecule has 1 aromatic heterocycles. The Kier molecular flexibility index (Phi) is 5.06. The van der Waals surface area contributed by atoms with Gasteiger partial charge >= 0.3 is 0 Å². The number of hydrogen-bond donors (Lipinski definition) is 2. The van der Waals surface area contributed by atoms with Gasteiger partial charge in [-0.1, -0.05) is 31.2 Å². The van der Waals surface area contributed by atoms with Crippen molar-refractivity contribution in [3.05, 3.63) is 59.8 Å². The van der Waals surface area contributed by atoms with Crippen molar-refractivity contribution < 1.29 is 9.47 Å². The Labute approximate surface area is 142 Å². The molecule has 0 bridgehead atoms. The van der Waals surface area contributed by atoms with E-state index in [1.807, 2.05) is 18.2 Å². The molecule has 4 nitrogen and oxygen atoms in total. The predicted molar refractivity (Wildman–Crippen MR) is 98.0 cm³/mol. The van der Waals surface area contributed by atoms with Crippen molar-refractivity contribution in [2.24, 2.45) is 5.73 Å². The fraction of sp³-hybridized carbons (Fsp3) is 0.300. The fourth-order valence-electron chi connectivity index (χ4n) is 3.06. The van der Waals surface area contributed by atoms with E-state index in [0.29, 0.717) is 13.2 Å². The number of fused-ring (bicyclic) bond motifs is 1. The summed E-state index contributed by atoms with van der Waals surface area (Å²) >= 11 is 0. The molecule has 0 fully saturated rings. The molecule has 0 aliphatic carbocycles. The van der Waals surface area contributed by atoms with Gasteiger partial charge in [-0.05, 0) is 35.7 Å². The number of rotatable bonds is 7. The van der Waals surface area contributed by atoms with Gasteiger partial charge in [-0.3, -0.25) is 0 Å². The van der Waals surface area contributed by atoms with E-state index in [-0.39, 0.29) is 5.92 Å². The zero-order chi connectivity index (χ0) is 16.9. The van der Waals surface area contributed by atoms with Crippen LogP contribution in [-0.2, 0) is 0 Å². The Morgan fingerprint density at radius 3 is 2.71 bits per heavy atom. The van der Waals surface area contributed by atoms with Crippen molar-refractivity contribution in [3.63, 3.8) is 0 Å². The average molecular weight is 324 g/mol. The van der Waals surface area contributed by atoms with Gasteiger partial charge in [0.1, 0.15) is 0 Å². The van der Waals surface area contributed by atoms with Crippen LogP contribution in [0, 0.1) is 0 Å². The van der Waals surface area contributed by atoms with Crippen LogP contribution < -0.4 is 15.2 Å². The van der Waals surface area contributed by atoms with Crippen LogP contribution in [0.5, 0.6) is 11.5 Å². The zero-order valence-electron chi connectivity index (χ0n) is 14.2. The van der Waals surface area contributed by atoms with Gasteiger partial charge in [-0.15, -0.1) is 0 Å². The van der Waals surface area contributed by atoms with Crippen LogP contribution in [0.2, 0.25) is 0 Å². The van der Waals surface area contributed by atoms with Crippen LogP contribution in [0.25, 0.3) is 10.9 Å². The summed E-state index contributed by atoms with van der Waals surface area (Å²) in [6, 6.07) is 14.4. The van der Waals surface area contributed by atoms with Gasteiger partial charge in [-0.2, -0.15) is 0 Å². The third-order valence-corrected chi connectivity index (χ3v) is 4.28. The summed E-state index contributed by atoms with van der Waals surface area (Å²) in [7, 11) is 1.67. The number of benzene rings is 2. The van der Waals surface area contributed by atoms with Crippen molar-refractivity contribution in [1.29, 1.82) is 0 Å². The first-order valence-electron chi connectivity index (χ1n) is 8.35. The first kappa shape index (κ1) is 16.4. The lowest BCUT2D eigenvalue weighted by Crippen LogP contribution is -2.13. The SMILES string of the molecule is CCCOc1ccc([C@@H](CN)c2c[nH]c3ccccc23)cc1OC. The van der Waals surface area contributed by atoms with Crippen molar-refractivity contribution in [2.75, 3.05) is 20.3 Å². The normalized spacial score (nSPS) is 12.3. The summed E-state index contributed by atoms with van der Waals surface area (Å²) in [6.45, 7) is 3.29. The summed E-state index contributed by atoms with van der Waals surface area (Å²) in [6.07, 6.45) is 3.02. The van der Waals surface area contributed by atoms with Crippen LogP contribution in [0.1, 0.15) is 30.4 Å². The lowest BCUT2D eigenvalue weighted by atomic mass is 9.91. The highest BCUT2D eigenvalue weighted by molar-refractivity contribution is 5.84. The molecule has 3 aromatic rings. The molecule has 3 N–H and O–H groups in total. The summed E-state index contributed by atoms with van der Waals surface area (Å²) in [4.78, 5) is 3.33. The molecule has 0 radical (unpaired) electrons. The standard InChI is InChI=1S/C20H24N2O2/c1-3-10-24-19-9-8-14(11-20(19)23-2)16(12-21)17-13-22-18-7-5-4-6-15(17)18/h4-9,11,13,16,22H,3,10,12,21H2,1-2H3/t16-/m1/s1. The molecule has 2 aromatic carbocycles. The van der Waals surface area contributed by atoms with E-state index in [1.54, 1.807) is 7.11 Å². The van der Waals surface area contributed by atoms with Crippen LogP contribution in [0.4, 0.5) is 0 Å². The Morgan fingerprint density at radius 2 is 1.96 bits per heavy atom. The van der Waals surface area contributed by atoms with Gasteiger partial charge in [-0.25, -0.2) is 0 Å². The van der Waals surface area contributed by atoms with E-state index in [2.05, 4.69) is 42.4 Å². The summed E-state index contributed by atoms with van der Waals surface area (Å²) in [5, 5.41) is 1.21. The van der Waals surface area contributed by atoms with Gasteiger partial charge in [0, 0.05) is 29.6 Å². The molecule has 0 spiro atoms. The number of hydrogen-bond acceptors (Lipinski definition) is 3. The lowest BCUT2D eigenvalue weighted by molar-refractivity contribution is 0.294. The number of aromatic amines is 1. The molecule has 3 rings (SSSR count). The van der Waals surface area contributed by atoms with Crippen LogP contribution >= 0.6 is 0 Å².